The first kappa shape index (κ1) is 12.7. The van der Waals surface area contributed by atoms with Crippen LogP contribution in [-0.4, -0.2) is 12.6 Å². The Morgan fingerprint density at radius 3 is 1.90 bits per heavy atom. The van der Waals surface area contributed by atoms with E-state index in [1.165, 1.54) is 49.8 Å². The first-order valence-electron chi connectivity index (χ1n) is 8.51. The van der Waals surface area contributed by atoms with Gasteiger partial charge in [-0.25, -0.2) is 0 Å². The molecule has 0 saturated heterocycles. The molecule has 4 fully saturated rings. The normalized spacial score (nSPS) is 38.2. The molecule has 4 bridgehead atoms. The molecule has 4 saturated carbocycles. The second kappa shape index (κ2) is 4.51. The minimum atomic E-state index is 0.489. The molecule has 0 heterocycles. The third-order valence-electron chi connectivity index (χ3n) is 6.45. The summed E-state index contributed by atoms with van der Waals surface area (Å²) in [7, 11) is 2.36. The fourth-order valence-corrected chi connectivity index (χ4v) is 5.70. The molecule has 108 valence electrons. The second-order valence-electron chi connectivity index (χ2n) is 7.72. The predicted octanol–water partition coefficient (Wildman–Crippen LogP) is 4.65. The largest absolute Gasteiger partial charge is 0.369 e. The Kier molecular flexibility index (Phi) is 2.87. The molecule has 0 amide bonds. The van der Waals surface area contributed by atoms with Gasteiger partial charge in [0.2, 0.25) is 0 Å². The molecule has 0 spiro atoms. The van der Waals surface area contributed by atoms with Gasteiger partial charge in [-0.05, 0) is 80.4 Å². The molecule has 0 N–H and O–H groups in total. The number of benzene rings is 1. The van der Waals surface area contributed by atoms with E-state index in [0.29, 0.717) is 5.54 Å². The third kappa shape index (κ3) is 1.89. The smallest absolute Gasteiger partial charge is 0.0407 e. The van der Waals surface area contributed by atoms with E-state index < -0.39 is 0 Å². The van der Waals surface area contributed by atoms with Crippen molar-refractivity contribution in [1.82, 2.24) is 0 Å². The second-order valence-corrected chi connectivity index (χ2v) is 7.72. The van der Waals surface area contributed by atoms with Crippen molar-refractivity contribution in [1.29, 1.82) is 0 Å². The van der Waals surface area contributed by atoms with E-state index in [1.54, 1.807) is 0 Å². The number of rotatable bonds is 3. The molecule has 4 aliphatic carbocycles. The molecule has 1 heteroatoms. The van der Waals surface area contributed by atoms with Gasteiger partial charge in [-0.3, -0.25) is 0 Å². The Balaban J connectivity index is 1.62. The molecule has 0 radical (unpaired) electrons. The maximum atomic E-state index is 2.65. The van der Waals surface area contributed by atoms with Crippen LogP contribution in [0.1, 0.15) is 51.0 Å². The predicted molar refractivity (Wildman–Crippen MR) is 85.1 cm³/mol. The van der Waals surface area contributed by atoms with Gasteiger partial charge in [-0.1, -0.05) is 19.1 Å². The van der Waals surface area contributed by atoms with Gasteiger partial charge in [0.1, 0.15) is 0 Å². The maximum Gasteiger partial charge on any atom is 0.0407 e. The zero-order valence-electron chi connectivity index (χ0n) is 12.9. The lowest BCUT2D eigenvalue weighted by Gasteiger charge is -2.60. The first-order chi connectivity index (χ1) is 9.68. The average Bonchev–Trinajstić information content (AvgIpc) is 2.45. The van der Waals surface area contributed by atoms with Crippen LogP contribution >= 0.6 is 0 Å². The van der Waals surface area contributed by atoms with Crippen molar-refractivity contribution in [3.63, 3.8) is 0 Å². The average molecular weight is 269 g/mol. The molecule has 4 aliphatic rings. The van der Waals surface area contributed by atoms with Gasteiger partial charge in [0.15, 0.2) is 0 Å². The fourth-order valence-electron chi connectivity index (χ4n) is 5.70. The van der Waals surface area contributed by atoms with Crippen LogP contribution in [0, 0.1) is 17.8 Å². The maximum absolute atomic E-state index is 2.65. The molecule has 1 aromatic rings. The molecular weight excluding hydrogens is 242 g/mol. The zero-order chi connectivity index (χ0) is 13.7. The lowest BCUT2D eigenvalue weighted by atomic mass is 9.52. The van der Waals surface area contributed by atoms with Crippen molar-refractivity contribution >= 4 is 5.69 Å². The molecule has 0 aliphatic heterocycles. The van der Waals surface area contributed by atoms with Gasteiger partial charge in [-0.2, -0.15) is 0 Å². The van der Waals surface area contributed by atoms with Crippen molar-refractivity contribution in [3.05, 3.63) is 29.8 Å². The highest BCUT2D eigenvalue weighted by Crippen LogP contribution is 2.58. The van der Waals surface area contributed by atoms with Crippen LogP contribution in [0.5, 0.6) is 0 Å². The summed E-state index contributed by atoms with van der Waals surface area (Å²) in [5, 5.41) is 0. The standard InChI is InChI=1S/C19H27N/c1-3-14-4-6-18(7-5-14)20(2)19-11-15-8-16(12-19)10-17(9-15)13-19/h4-7,15-17H,3,8-13H2,1-2H3. The summed E-state index contributed by atoms with van der Waals surface area (Å²) in [4.78, 5) is 2.65. The number of hydrogen-bond donors (Lipinski definition) is 0. The van der Waals surface area contributed by atoms with Gasteiger partial charge >= 0.3 is 0 Å². The molecule has 1 aromatic carbocycles. The van der Waals surface area contributed by atoms with Gasteiger partial charge in [-0.15, -0.1) is 0 Å². The van der Waals surface area contributed by atoms with E-state index in [1.807, 2.05) is 0 Å². The van der Waals surface area contributed by atoms with E-state index in [4.69, 9.17) is 0 Å². The van der Waals surface area contributed by atoms with Crippen LogP contribution in [0.25, 0.3) is 0 Å². The van der Waals surface area contributed by atoms with Crippen LogP contribution in [0.15, 0.2) is 24.3 Å². The van der Waals surface area contributed by atoms with E-state index >= 15 is 0 Å². The molecular formula is C19H27N. The number of anilines is 1. The minimum absolute atomic E-state index is 0.489. The lowest BCUT2D eigenvalue weighted by Crippen LogP contribution is -2.59. The molecule has 1 nitrogen and oxygen atoms in total. The SMILES string of the molecule is CCc1ccc(N(C)C23CC4CC(CC(C4)C2)C3)cc1. The van der Waals surface area contributed by atoms with Gasteiger partial charge < -0.3 is 4.90 Å². The Labute approximate surface area is 123 Å². The van der Waals surface area contributed by atoms with Gasteiger partial charge in [0, 0.05) is 18.3 Å². The first-order valence-corrected chi connectivity index (χ1v) is 8.51. The highest BCUT2D eigenvalue weighted by Gasteiger charge is 2.52. The van der Waals surface area contributed by atoms with E-state index in [2.05, 4.69) is 43.1 Å². The number of nitrogens with zero attached hydrogens (tertiary/aromatic N) is 1. The van der Waals surface area contributed by atoms with Crippen LogP contribution < -0.4 is 4.90 Å². The van der Waals surface area contributed by atoms with Crippen LogP contribution in [0.2, 0.25) is 0 Å². The van der Waals surface area contributed by atoms with Crippen molar-refractivity contribution in [2.45, 2.75) is 57.4 Å². The van der Waals surface area contributed by atoms with Crippen LogP contribution in [0.4, 0.5) is 5.69 Å². The molecule has 0 unspecified atom stereocenters. The monoisotopic (exact) mass is 269 g/mol. The summed E-state index contributed by atoms with van der Waals surface area (Å²) >= 11 is 0. The number of aryl methyl sites for hydroxylation is 1. The fraction of sp³-hybridized carbons (Fsp3) is 0.684. The molecule has 0 atom stereocenters. The Morgan fingerprint density at radius 1 is 0.950 bits per heavy atom. The Morgan fingerprint density at radius 2 is 1.45 bits per heavy atom. The van der Waals surface area contributed by atoms with Crippen LogP contribution in [-0.2, 0) is 6.42 Å². The van der Waals surface area contributed by atoms with Crippen molar-refractivity contribution < 1.29 is 0 Å². The summed E-state index contributed by atoms with van der Waals surface area (Å²) < 4.78 is 0. The zero-order valence-corrected chi connectivity index (χ0v) is 12.9. The third-order valence-corrected chi connectivity index (χ3v) is 6.45. The summed E-state index contributed by atoms with van der Waals surface area (Å²) in [6.45, 7) is 2.23. The van der Waals surface area contributed by atoms with E-state index in [0.717, 1.165) is 24.2 Å². The molecule has 0 aromatic heterocycles. The van der Waals surface area contributed by atoms with Crippen molar-refractivity contribution in [2.75, 3.05) is 11.9 Å². The van der Waals surface area contributed by atoms with Crippen molar-refractivity contribution in [2.24, 2.45) is 17.8 Å². The Bertz CT molecular complexity index is 452. The van der Waals surface area contributed by atoms with E-state index in [-0.39, 0.29) is 0 Å². The van der Waals surface area contributed by atoms with Gasteiger partial charge in [0.25, 0.3) is 0 Å². The number of hydrogen-bond acceptors (Lipinski definition) is 1. The highest BCUT2D eigenvalue weighted by atomic mass is 15.2. The topological polar surface area (TPSA) is 3.24 Å². The molecule has 5 rings (SSSR count). The summed E-state index contributed by atoms with van der Waals surface area (Å²) in [5.41, 5.74) is 3.37. The van der Waals surface area contributed by atoms with Gasteiger partial charge in [0.05, 0.1) is 0 Å². The molecule has 20 heavy (non-hydrogen) atoms. The van der Waals surface area contributed by atoms with Crippen LogP contribution in [0.3, 0.4) is 0 Å². The Hall–Kier alpha value is -0.980. The minimum Gasteiger partial charge on any atom is -0.369 e. The lowest BCUT2D eigenvalue weighted by molar-refractivity contribution is -0.00200. The quantitative estimate of drug-likeness (QED) is 0.772. The summed E-state index contributed by atoms with van der Waals surface area (Å²) in [5.74, 6) is 3.08. The highest BCUT2D eigenvalue weighted by molar-refractivity contribution is 5.50. The van der Waals surface area contributed by atoms with Crippen molar-refractivity contribution in [3.8, 4) is 0 Å². The summed E-state index contributed by atoms with van der Waals surface area (Å²) in [6, 6.07) is 9.31. The summed E-state index contributed by atoms with van der Waals surface area (Å²) in [6.07, 6.45) is 10.1. The van der Waals surface area contributed by atoms with E-state index in [9.17, 15) is 0 Å².